The molecule has 0 aliphatic heterocycles. The number of urea groups is 1. The predicted octanol–water partition coefficient (Wildman–Crippen LogP) is 4.18. The fourth-order valence-electron chi connectivity index (χ4n) is 2.71. The van der Waals surface area contributed by atoms with Crippen LogP contribution in [-0.2, 0) is 6.54 Å². The molecule has 0 radical (unpaired) electrons. The minimum Gasteiger partial charge on any atom is -0.493 e. The summed E-state index contributed by atoms with van der Waals surface area (Å²) in [5.74, 6) is 1.26. The quantitative estimate of drug-likeness (QED) is 0.735. The number of para-hydroxylation sites is 1. The first-order valence-electron chi connectivity index (χ1n) is 7.95. The average Bonchev–Trinajstić information content (AvgIpc) is 2.65. The zero-order valence-electron chi connectivity index (χ0n) is 14.2. The molecule has 0 aromatic heterocycles. The number of ether oxygens (including phenoxy) is 2. The topological polar surface area (TPSA) is 59.6 Å². The molecule has 25 heavy (non-hydrogen) atoms. The number of nitrogens with one attached hydrogen (secondary N) is 2. The van der Waals surface area contributed by atoms with Gasteiger partial charge in [0.05, 0.1) is 14.2 Å². The highest BCUT2D eigenvalue weighted by Crippen LogP contribution is 2.30. The second-order valence-corrected chi connectivity index (χ2v) is 5.52. The molecule has 0 aliphatic rings. The van der Waals surface area contributed by atoms with Gasteiger partial charge in [-0.25, -0.2) is 4.79 Å². The van der Waals surface area contributed by atoms with E-state index in [9.17, 15) is 4.79 Å². The van der Waals surface area contributed by atoms with Crippen molar-refractivity contribution >= 4 is 22.5 Å². The molecule has 5 heteroatoms. The zero-order chi connectivity index (χ0) is 17.6. The largest absolute Gasteiger partial charge is 0.493 e. The molecule has 3 aromatic carbocycles. The van der Waals surface area contributed by atoms with Gasteiger partial charge in [0.1, 0.15) is 0 Å². The van der Waals surface area contributed by atoms with Gasteiger partial charge in [0.2, 0.25) is 0 Å². The fourth-order valence-corrected chi connectivity index (χ4v) is 2.71. The summed E-state index contributed by atoms with van der Waals surface area (Å²) in [4.78, 5) is 12.2. The SMILES string of the molecule is COc1cccc(CNC(=O)Nc2ccc3ccccc3c2)c1OC. The van der Waals surface area contributed by atoms with Crippen molar-refractivity contribution in [3.05, 3.63) is 66.2 Å². The van der Waals surface area contributed by atoms with E-state index in [0.717, 1.165) is 22.0 Å². The zero-order valence-corrected chi connectivity index (χ0v) is 14.2. The van der Waals surface area contributed by atoms with Gasteiger partial charge in [0.15, 0.2) is 11.5 Å². The van der Waals surface area contributed by atoms with Crippen molar-refractivity contribution in [1.82, 2.24) is 5.32 Å². The minimum absolute atomic E-state index is 0.278. The van der Waals surface area contributed by atoms with Crippen LogP contribution in [0.3, 0.4) is 0 Å². The summed E-state index contributed by atoms with van der Waals surface area (Å²) in [6, 6.07) is 19.1. The van der Waals surface area contributed by atoms with E-state index in [1.165, 1.54) is 0 Å². The lowest BCUT2D eigenvalue weighted by Gasteiger charge is -2.13. The van der Waals surface area contributed by atoms with Crippen LogP contribution in [0, 0.1) is 0 Å². The maximum absolute atomic E-state index is 12.2. The molecule has 0 bridgehead atoms. The maximum atomic E-state index is 12.2. The molecule has 0 aliphatic carbocycles. The van der Waals surface area contributed by atoms with Crippen molar-refractivity contribution in [3.63, 3.8) is 0 Å². The normalized spacial score (nSPS) is 10.3. The Balaban J connectivity index is 1.66. The first kappa shape index (κ1) is 16.6. The van der Waals surface area contributed by atoms with E-state index in [-0.39, 0.29) is 6.03 Å². The third kappa shape index (κ3) is 3.83. The van der Waals surface area contributed by atoms with Gasteiger partial charge < -0.3 is 20.1 Å². The number of hydrogen-bond acceptors (Lipinski definition) is 3. The number of hydrogen-bond donors (Lipinski definition) is 2. The number of fused-ring (bicyclic) bond motifs is 1. The van der Waals surface area contributed by atoms with Gasteiger partial charge in [-0.05, 0) is 29.0 Å². The van der Waals surface area contributed by atoms with E-state index in [1.54, 1.807) is 14.2 Å². The van der Waals surface area contributed by atoms with Crippen LogP contribution >= 0.6 is 0 Å². The molecular formula is C20H20N2O3. The summed E-state index contributed by atoms with van der Waals surface area (Å²) in [6.45, 7) is 0.333. The lowest BCUT2D eigenvalue weighted by molar-refractivity contribution is 0.251. The van der Waals surface area contributed by atoms with Crippen LogP contribution in [0.25, 0.3) is 10.8 Å². The third-order valence-corrected chi connectivity index (χ3v) is 3.93. The van der Waals surface area contributed by atoms with Crippen LogP contribution in [0.2, 0.25) is 0 Å². The van der Waals surface area contributed by atoms with Gasteiger partial charge in [0.25, 0.3) is 0 Å². The second kappa shape index (κ2) is 7.57. The summed E-state index contributed by atoms with van der Waals surface area (Å²) < 4.78 is 10.6. The third-order valence-electron chi connectivity index (χ3n) is 3.93. The van der Waals surface area contributed by atoms with E-state index >= 15 is 0 Å². The van der Waals surface area contributed by atoms with Gasteiger partial charge in [-0.1, -0.05) is 42.5 Å². The molecule has 0 atom stereocenters. The molecule has 5 nitrogen and oxygen atoms in total. The number of amides is 2. The summed E-state index contributed by atoms with van der Waals surface area (Å²) >= 11 is 0. The Morgan fingerprint density at radius 2 is 1.72 bits per heavy atom. The summed E-state index contributed by atoms with van der Waals surface area (Å²) in [5, 5.41) is 7.90. The van der Waals surface area contributed by atoms with Gasteiger partial charge >= 0.3 is 6.03 Å². The van der Waals surface area contributed by atoms with Crippen LogP contribution in [0.5, 0.6) is 11.5 Å². The van der Waals surface area contributed by atoms with Gasteiger partial charge in [-0.2, -0.15) is 0 Å². The van der Waals surface area contributed by atoms with Gasteiger partial charge in [-0.15, -0.1) is 0 Å². The molecular weight excluding hydrogens is 316 g/mol. The molecule has 3 aromatic rings. The summed E-state index contributed by atoms with van der Waals surface area (Å²) in [6.07, 6.45) is 0. The van der Waals surface area contributed by atoms with Crippen molar-refractivity contribution in [3.8, 4) is 11.5 Å². The van der Waals surface area contributed by atoms with Crippen LogP contribution in [0.1, 0.15) is 5.56 Å². The lowest BCUT2D eigenvalue weighted by Crippen LogP contribution is -2.28. The number of benzene rings is 3. The second-order valence-electron chi connectivity index (χ2n) is 5.52. The van der Waals surface area contributed by atoms with Crippen molar-refractivity contribution in [2.24, 2.45) is 0 Å². The predicted molar refractivity (Wildman–Crippen MR) is 99.4 cm³/mol. The number of carbonyl (C=O) groups excluding carboxylic acids is 1. The van der Waals surface area contributed by atoms with E-state index in [1.807, 2.05) is 60.7 Å². The van der Waals surface area contributed by atoms with Crippen LogP contribution in [-0.4, -0.2) is 20.3 Å². The first-order chi connectivity index (χ1) is 12.2. The molecule has 0 heterocycles. The monoisotopic (exact) mass is 336 g/mol. The Hall–Kier alpha value is -3.21. The summed E-state index contributed by atoms with van der Waals surface area (Å²) in [5.41, 5.74) is 1.59. The molecule has 0 saturated heterocycles. The van der Waals surface area contributed by atoms with Gasteiger partial charge in [0, 0.05) is 17.8 Å². The van der Waals surface area contributed by atoms with Crippen molar-refractivity contribution in [2.75, 3.05) is 19.5 Å². The van der Waals surface area contributed by atoms with Crippen molar-refractivity contribution in [2.45, 2.75) is 6.54 Å². The van der Waals surface area contributed by atoms with E-state index in [2.05, 4.69) is 10.6 Å². The summed E-state index contributed by atoms with van der Waals surface area (Å²) in [7, 11) is 3.16. The standard InChI is InChI=1S/C20H20N2O3/c1-24-18-9-5-8-16(19(18)25-2)13-21-20(23)22-17-11-10-14-6-3-4-7-15(14)12-17/h3-12H,13H2,1-2H3,(H2,21,22,23). The number of methoxy groups -OCH3 is 2. The van der Waals surface area contributed by atoms with E-state index in [0.29, 0.717) is 18.0 Å². The number of carbonyl (C=O) groups is 1. The maximum Gasteiger partial charge on any atom is 0.319 e. The highest BCUT2D eigenvalue weighted by Gasteiger charge is 2.10. The van der Waals surface area contributed by atoms with Crippen LogP contribution < -0.4 is 20.1 Å². The Bertz CT molecular complexity index is 893. The molecule has 128 valence electrons. The average molecular weight is 336 g/mol. The molecule has 0 unspecified atom stereocenters. The molecule has 3 rings (SSSR count). The first-order valence-corrected chi connectivity index (χ1v) is 7.95. The van der Waals surface area contributed by atoms with Crippen LogP contribution in [0.4, 0.5) is 10.5 Å². The molecule has 0 fully saturated rings. The Morgan fingerprint density at radius 3 is 2.48 bits per heavy atom. The molecule has 2 amide bonds. The molecule has 2 N–H and O–H groups in total. The number of rotatable bonds is 5. The van der Waals surface area contributed by atoms with E-state index in [4.69, 9.17) is 9.47 Å². The molecule has 0 saturated carbocycles. The van der Waals surface area contributed by atoms with Gasteiger partial charge in [-0.3, -0.25) is 0 Å². The molecule has 0 spiro atoms. The Labute approximate surface area is 146 Å². The minimum atomic E-state index is -0.278. The highest BCUT2D eigenvalue weighted by molar-refractivity contribution is 5.93. The Morgan fingerprint density at radius 1 is 0.920 bits per heavy atom. The van der Waals surface area contributed by atoms with Crippen LogP contribution in [0.15, 0.2) is 60.7 Å². The van der Waals surface area contributed by atoms with Crippen molar-refractivity contribution in [1.29, 1.82) is 0 Å². The van der Waals surface area contributed by atoms with E-state index < -0.39 is 0 Å². The van der Waals surface area contributed by atoms with Crippen molar-refractivity contribution < 1.29 is 14.3 Å². The Kier molecular flexibility index (Phi) is 5.04. The lowest BCUT2D eigenvalue weighted by atomic mass is 10.1. The highest BCUT2D eigenvalue weighted by atomic mass is 16.5. The number of anilines is 1. The fraction of sp³-hybridized carbons (Fsp3) is 0.150. The smallest absolute Gasteiger partial charge is 0.319 e.